The summed E-state index contributed by atoms with van der Waals surface area (Å²) in [4.78, 5) is 20.4. The van der Waals surface area contributed by atoms with E-state index >= 15 is 0 Å². The van der Waals surface area contributed by atoms with Crippen LogP contribution < -0.4 is 4.74 Å². The lowest BCUT2D eigenvalue weighted by Gasteiger charge is -2.32. The number of hydrogen-bond donors (Lipinski definition) is 1. The molecule has 0 unspecified atom stereocenters. The number of nitrogens with zero attached hydrogens (tertiary/aromatic N) is 2. The molecule has 0 fully saturated rings. The second-order valence-corrected chi connectivity index (χ2v) is 8.77. The van der Waals surface area contributed by atoms with Gasteiger partial charge in [0.15, 0.2) is 17.2 Å². The number of fused-ring (bicyclic) bond motifs is 1. The van der Waals surface area contributed by atoms with Crippen LogP contribution in [0.1, 0.15) is 63.8 Å². The predicted octanol–water partition coefficient (Wildman–Crippen LogP) is 5.73. The smallest absolute Gasteiger partial charge is 0.188 e. The first-order valence-electron chi connectivity index (χ1n) is 11.5. The Morgan fingerprint density at radius 1 is 1.06 bits per heavy atom. The van der Waals surface area contributed by atoms with Gasteiger partial charge in [0.05, 0.1) is 11.6 Å². The Labute approximate surface area is 199 Å². The number of nitriles is 1. The van der Waals surface area contributed by atoms with E-state index in [1.807, 2.05) is 73.7 Å². The number of carbonyl (C=O) groups is 1. The summed E-state index contributed by atoms with van der Waals surface area (Å²) in [5.41, 5.74) is 4.69. The van der Waals surface area contributed by atoms with Crippen molar-refractivity contribution >= 4 is 5.78 Å². The Balaban J connectivity index is 1.63. The summed E-state index contributed by atoms with van der Waals surface area (Å²) in [7, 11) is 0. The van der Waals surface area contributed by atoms with Crippen LogP contribution in [0.4, 0.5) is 0 Å². The van der Waals surface area contributed by atoms with E-state index in [9.17, 15) is 4.79 Å². The van der Waals surface area contributed by atoms with Gasteiger partial charge in [0.2, 0.25) is 0 Å². The van der Waals surface area contributed by atoms with Gasteiger partial charge in [-0.15, -0.1) is 0 Å². The lowest BCUT2D eigenvalue weighted by Crippen LogP contribution is -2.33. The lowest BCUT2D eigenvalue weighted by atomic mass is 9.84. The average molecular weight is 448 g/mol. The average Bonchev–Trinajstić information content (AvgIpc) is 3.42. The van der Waals surface area contributed by atoms with Crippen LogP contribution in [0.25, 0.3) is 0 Å². The number of ether oxygens (including phenoxy) is 1. The molecular formula is C29H25N3O2. The number of aromatic amines is 1. The van der Waals surface area contributed by atoms with E-state index in [0.717, 1.165) is 46.4 Å². The van der Waals surface area contributed by atoms with Gasteiger partial charge in [-0.25, -0.2) is 4.98 Å². The molecule has 34 heavy (non-hydrogen) atoms. The zero-order valence-electron chi connectivity index (χ0n) is 19.0. The highest BCUT2D eigenvalue weighted by Gasteiger charge is 2.35. The first-order chi connectivity index (χ1) is 16.6. The Hall–Kier alpha value is -4.17. The number of imidazole rings is 1. The summed E-state index contributed by atoms with van der Waals surface area (Å²) in [6, 6.07) is 23.6. The van der Waals surface area contributed by atoms with Crippen LogP contribution >= 0.6 is 0 Å². The van der Waals surface area contributed by atoms with Gasteiger partial charge in [-0.3, -0.25) is 4.79 Å². The van der Waals surface area contributed by atoms with E-state index in [1.54, 1.807) is 12.4 Å². The quantitative estimate of drug-likeness (QED) is 0.409. The third-order valence-electron chi connectivity index (χ3n) is 6.57. The van der Waals surface area contributed by atoms with Crippen molar-refractivity contribution in [1.29, 1.82) is 5.26 Å². The zero-order valence-corrected chi connectivity index (χ0v) is 19.0. The van der Waals surface area contributed by atoms with Gasteiger partial charge in [0.1, 0.15) is 5.75 Å². The summed E-state index contributed by atoms with van der Waals surface area (Å²) < 4.78 is 6.82. The number of aromatic nitrogens is 2. The maximum absolute atomic E-state index is 12.7. The molecule has 0 aliphatic heterocycles. The third kappa shape index (κ3) is 3.99. The van der Waals surface area contributed by atoms with Crippen molar-refractivity contribution in [3.63, 3.8) is 0 Å². The fraction of sp³-hybridized carbons (Fsp3) is 0.207. The number of rotatable bonds is 6. The molecule has 5 heteroatoms. The number of ketones is 1. The van der Waals surface area contributed by atoms with Gasteiger partial charge < -0.3 is 9.72 Å². The molecule has 168 valence electrons. The highest BCUT2D eigenvalue weighted by atomic mass is 16.5. The van der Waals surface area contributed by atoms with Crippen LogP contribution in [0, 0.1) is 11.3 Å². The molecular weight excluding hydrogens is 422 g/mol. The largest absolute Gasteiger partial charge is 0.475 e. The molecule has 1 aliphatic rings. The monoisotopic (exact) mass is 447 g/mol. The molecule has 0 spiro atoms. The van der Waals surface area contributed by atoms with E-state index in [2.05, 4.69) is 16.0 Å². The van der Waals surface area contributed by atoms with Gasteiger partial charge in [0.25, 0.3) is 0 Å². The maximum atomic E-state index is 12.7. The lowest BCUT2D eigenvalue weighted by molar-refractivity contribution is 0.0971. The summed E-state index contributed by atoms with van der Waals surface area (Å²) in [5, 5.41) is 9.16. The zero-order chi connectivity index (χ0) is 23.5. The molecule has 1 aromatic heterocycles. The normalized spacial score (nSPS) is 14.6. The molecule has 1 N–H and O–H groups in total. The Morgan fingerprint density at radius 3 is 2.56 bits per heavy atom. The van der Waals surface area contributed by atoms with Gasteiger partial charge >= 0.3 is 0 Å². The summed E-state index contributed by atoms with van der Waals surface area (Å²) >= 11 is 0. The van der Waals surface area contributed by atoms with Crippen LogP contribution in [0.2, 0.25) is 0 Å². The van der Waals surface area contributed by atoms with E-state index < -0.39 is 5.60 Å². The first kappa shape index (κ1) is 21.7. The molecule has 0 bridgehead atoms. The summed E-state index contributed by atoms with van der Waals surface area (Å²) in [6.07, 6.45) is 6.39. The van der Waals surface area contributed by atoms with Crippen LogP contribution in [-0.4, -0.2) is 15.8 Å². The van der Waals surface area contributed by atoms with Crippen molar-refractivity contribution in [3.8, 4) is 11.8 Å². The van der Waals surface area contributed by atoms with Crippen molar-refractivity contribution in [2.75, 3.05) is 0 Å². The van der Waals surface area contributed by atoms with Crippen LogP contribution in [-0.2, 0) is 18.4 Å². The molecule has 1 heterocycles. The molecule has 0 saturated heterocycles. The topological polar surface area (TPSA) is 78.8 Å². The van der Waals surface area contributed by atoms with Crippen molar-refractivity contribution in [2.45, 2.75) is 38.2 Å². The van der Waals surface area contributed by atoms with Crippen LogP contribution in [0.3, 0.4) is 0 Å². The standard InChI is InChI=1S/C29H25N3O2/c1-29(28-31-16-17-32-28,22-6-3-2-4-7-22)34-27-15-14-24-23(8-5-9-26(24)33)25(27)18-20-10-12-21(19-30)13-11-20/h2-4,6-7,10-17H,5,8-9,18H2,1H3,(H,31,32)/t29-/m0/s1. The Kier molecular flexibility index (Phi) is 5.73. The minimum atomic E-state index is -0.850. The number of H-pyrrole nitrogens is 1. The van der Waals surface area contributed by atoms with Crippen LogP contribution in [0.5, 0.6) is 5.75 Å². The number of Topliss-reactive ketones (excluding diaryl/α,β-unsaturated/α-hetero) is 1. The van der Waals surface area contributed by atoms with Crippen molar-refractivity contribution in [1.82, 2.24) is 9.97 Å². The van der Waals surface area contributed by atoms with Crippen molar-refractivity contribution < 1.29 is 9.53 Å². The van der Waals surface area contributed by atoms with Gasteiger partial charge in [-0.1, -0.05) is 42.5 Å². The SMILES string of the molecule is C[C@](Oc1ccc2c(c1Cc1ccc(C#N)cc1)CCCC2=O)(c1ccccc1)c1ncc[nH]1. The minimum Gasteiger partial charge on any atom is -0.475 e. The molecule has 1 aliphatic carbocycles. The number of nitrogens with one attached hydrogen (secondary N) is 1. The molecule has 5 nitrogen and oxygen atoms in total. The molecule has 0 saturated carbocycles. The van der Waals surface area contributed by atoms with Crippen LogP contribution in [0.15, 0.2) is 79.1 Å². The van der Waals surface area contributed by atoms with Gasteiger partial charge in [-0.2, -0.15) is 5.26 Å². The molecule has 4 aromatic rings. The third-order valence-corrected chi connectivity index (χ3v) is 6.57. The number of hydrogen-bond acceptors (Lipinski definition) is 4. The molecule has 1 atom stereocenters. The van der Waals surface area contributed by atoms with Gasteiger partial charge in [0, 0.05) is 41.9 Å². The van der Waals surface area contributed by atoms with E-state index in [1.165, 1.54) is 0 Å². The predicted molar refractivity (Wildman–Crippen MR) is 130 cm³/mol. The number of benzene rings is 3. The second-order valence-electron chi connectivity index (χ2n) is 8.77. The molecule has 3 aromatic carbocycles. The summed E-state index contributed by atoms with van der Waals surface area (Å²) in [6.45, 7) is 2.01. The minimum absolute atomic E-state index is 0.186. The highest BCUT2D eigenvalue weighted by molar-refractivity contribution is 5.99. The Morgan fingerprint density at radius 2 is 1.85 bits per heavy atom. The maximum Gasteiger partial charge on any atom is 0.188 e. The fourth-order valence-corrected chi connectivity index (χ4v) is 4.72. The fourth-order valence-electron chi connectivity index (χ4n) is 4.72. The van der Waals surface area contributed by atoms with E-state index in [4.69, 9.17) is 10.00 Å². The van der Waals surface area contributed by atoms with E-state index in [-0.39, 0.29) is 5.78 Å². The number of carbonyl (C=O) groups excluding carboxylic acids is 1. The first-order valence-corrected chi connectivity index (χ1v) is 11.5. The van der Waals surface area contributed by atoms with E-state index in [0.29, 0.717) is 24.2 Å². The molecule has 0 amide bonds. The Bertz CT molecular complexity index is 1350. The van der Waals surface area contributed by atoms with Crippen molar-refractivity contribution in [2.24, 2.45) is 0 Å². The van der Waals surface area contributed by atoms with Crippen molar-refractivity contribution in [3.05, 3.63) is 118 Å². The van der Waals surface area contributed by atoms with Gasteiger partial charge in [-0.05, 0) is 55.2 Å². The summed E-state index contributed by atoms with van der Waals surface area (Å²) in [5.74, 6) is 1.63. The highest BCUT2D eigenvalue weighted by Crippen LogP contribution is 2.39. The second kappa shape index (κ2) is 8.99. The molecule has 0 radical (unpaired) electrons. The molecule has 5 rings (SSSR count).